The van der Waals surface area contributed by atoms with E-state index in [9.17, 15) is 18.0 Å². The van der Waals surface area contributed by atoms with E-state index < -0.39 is 22.0 Å². The molecule has 8 nitrogen and oxygen atoms in total. The van der Waals surface area contributed by atoms with E-state index in [0.717, 1.165) is 6.42 Å². The van der Waals surface area contributed by atoms with Crippen LogP contribution in [0.25, 0.3) is 0 Å². The lowest BCUT2D eigenvalue weighted by Crippen LogP contribution is -2.40. The summed E-state index contributed by atoms with van der Waals surface area (Å²) in [5.41, 5.74) is 0.370. The van der Waals surface area contributed by atoms with Gasteiger partial charge in [0.1, 0.15) is 6.04 Å². The minimum absolute atomic E-state index is 0.0377. The summed E-state index contributed by atoms with van der Waals surface area (Å²) in [6.45, 7) is 4.77. The highest BCUT2D eigenvalue weighted by molar-refractivity contribution is 7.89. The van der Waals surface area contributed by atoms with Gasteiger partial charge in [0, 0.05) is 18.8 Å². The van der Waals surface area contributed by atoms with Gasteiger partial charge in [0.2, 0.25) is 15.9 Å². The van der Waals surface area contributed by atoms with E-state index in [4.69, 9.17) is 5.11 Å². The quantitative estimate of drug-likeness (QED) is 0.699. The molecule has 2 rings (SSSR count). The molecule has 1 amide bonds. The standard InChI is InChI=1S/C17H25N3O5S/c1-3-20(4-2)26(24,25)14-8-5-7-13(11-14)18-16(21)12-19-10-6-9-15(19)17(22)23/h5,7-8,11,15H,3-4,6,9-10,12H2,1-2H3,(H,18,21)(H,22,23)/t15-/m0/s1. The molecule has 26 heavy (non-hydrogen) atoms. The number of hydrogen-bond acceptors (Lipinski definition) is 5. The second-order valence-electron chi connectivity index (χ2n) is 6.13. The predicted octanol–water partition coefficient (Wildman–Crippen LogP) is 1.20. The van der Waals surface area contributed by atoms with Crippen LogP contribution in [0.5, 0.6) is 0 Å². The number of carboxylic acid groups (broad SMARTS) is 1. The molecule has 0 saturated carbocycles. The van der Waals surface area contributed by atoms with Crippen molar-refractivity contribution in [1.82, 2.24) is 9.21 Å². The molecule has 1 aromatic rings. The zero-order valence-electron chi connectivity index (χ0n) is 15.0. The number of nitrogens with one attached hydrogen (secondary N) is 1. The van der Waals surface area contributed by atoms with E-state index in [1.165, 1.54) is 16.4 Å². The second kappa shape index (κ2) is 8.61. The highest BCUT2D eigenvalue weighted by Gasteiger charge is 2.31. The lowest BCUT2D eigenvalue weighted by molar-refractivity contribution is -0.142. The average Bonchev–Trinajstić information content (AvgIpc) is 3.04. The zero-order chi connectivity index (χ0) is 19.3. The average molecular weight is 383 g/mol. The van der Waals surface area contributed by atoms with E-state index in [1.807, 2.05) is 0 Å². The first-order chi connectivity index (χ1) is 12.3. The Kier molecular flexibility index (Phi) is 6.74. The molecule has 1 fully saturated rings. The van der Waals surface area contributed by atoms with Gasteiger partial charge in [-0.25, -0.2) is 8.42 Å². The van der Waals surface area contributed by atoms with Crippen LogP contribution < -0.4 is 5.32 Å². The Labute approximate surface area is 153 Å². The van der Waals surface area contributed by atoms with Crippen molar-refractivity contribution in [1.29, 1.82) is 0 Å². The minimum atomic E-state index is -3.61. The maximum absolute atomic E-state index is 12.6. The zero-order valence-corrected chi connectivity index (χ0v) is 15.8. The number of likely N-dealkylation sites (tertiary alicyclic amines) is 1. The SMILES string of the molecule is CCN(CC)S(=O)(=O)c1cccc(NC(=O)CN2CCC[C@H]2C(=O)O)c1. The largest absolute Gasteiger partial charge is 0.480 e. The third-order valence-corrected chi connectivity index (χ3v) is 6.50. The van der Waals surface area contributed by atoms with Crippen LogP contribution in [0.3, 0.4) is 0 Å². The van der Waals surface area contributed by atoms with Gasteiger partial charge in [-0.2, -0.15) is 4.31 Å². The maximum Gasteiger partial charge on any atom is 0.320 e. The molecule has 1 aromatic carbocycles. The van der Waals surface area contributed by atoms with Gasteiger partial charge in [0.05, 0.1) is 11.4 Å². The number of benzene rings is 1. The molecule has 0 bridgehead atoms. The number of carbonyl (C=O) groups is 2. The number of hydrogen-bond donors (Lipinski definition) is 2. The Balaban J connectivity index is 2.09. The van der Waals surface area contributed by atoms with E-state index >= 15 is 0 Å². The Morgan fingerprint density at radius 1 is 1.31 bits per heavy atom. The van der Waals surface area contributed by atoms with Gasteiger partial charge < -0.3 is 10.4 Å². The summed E-state index contributed by atoms with van der Waals surface area (Å²) in [5, 5.41) is 11.8. The van der Waals surface area contributed by atoms with Gasteiger partial charge in [-0.1, -0.05) is 19.9 Å². The summed E-state index contributed by atoms with van der Waals surface area (Å²) in [6.07, 6.45) is 1.27. The lowest BCUT2D eigenvalue weighted by Gasteiger charge is -2.21. The summed E-state index contributed by atoms with van der Waals surface area (Å²) < 4.78 is 26.5. The molecule has 1 aliphatic heterocycles. The van der Waals surface area contributed by atoms with E-state index in [1.54, 1.807) is 30.9 Å². The first-order valence-corrected chi connectivity index (χ1v) is 10.1. The fourth-order valence-electron chi connectivity index (χ4n) is 3.13. The number of aliphatic carboxylic acids is 1. The van der Waals surface area contributed by atoms with Gasteiger partial charge in [0.15, 0.2) is 0 Å². The van der Waals surface area contributed by atoms with Crippen molar-refractivity contribution in [3.05, 3.63) is 24.3 Å². The number of sulfonamides is 1. The molecule has 0 unspecified atom stereocenters. The summed E-state index contributed by atoms with van der Waals surface area (Å²) in [6, 6.07) is 5.45. The topological polar surface area (TPSA) is 107 Å². The molecule has 1 aliphatic rings. The van der Waals surface area contributed by atoms with Crippen molar-refractivity contribution >= 4 is 27.6 Å². The van der Waals surface area contributed by atoms with Crippen LogP contribution in [-0.2, 0) is 19.6 Å². The lowest BCUT2D eigenvalue weighted by atomic mass is 10.2. The fourth-order valence-corrected chi connectivity index (χ4v) is 4.63. The molecule has 1 heterocycles. The van der Waals surface area contributed by atoms with Crippen molar-refractivity contribution in [2.75, 3.05) is 31.5 Å². The third kappa shape index (κ3) is 4.60. The van der Waals surface area contributed by atoms with Gasteiger partial charge in [-0.3, -0.25) is 14.5 Å². The molecular weight excluding hydrogens is 358 g/mol. The number of nitrogens with zero attached hydrogens (tertiary/aromatic N) is 2. The highest BCUT2D eigenvalue weighted by Crippen LogP contribution is 2.20. The highest BCUT2D eigenvalue weighted by atomic mass is 32.2. The van der Waals surface area contributed by atoms with Crippen LogP contribution >= 0.6 is 0 Å². The van der Waals surface area contributed by atoms with Crippen molar-refractivity contribution in [2.45, 2.75) is 37.6 Å². The summed E-state index contributed by atoms with van der Waals surface area (Å²) in [4.78, 5) is 25.2. The van der Waals surface area contributed by atoms with Crippen molar-refractivity contribution in [3.63, 3.8) is 0 Å². The predicted molar refractivity (Wildman–Crippen MR) is 97.4 cm³/mol. The van der Waals surface area contributed by atoms with E-state index in [2.05, 4.69) is 5.32 Å². The van der Waals surface area contributed by atoms with Crippen molar-refractivity contribution < 1.29 is 23.1 Å². The number of carboxylic acids is 1. The monoisotopic (exact) mass is 383 g/mol. The Morgan fingerprint density at radius 2 is 2.00 bits per heavy atom. The number of amides is 1. The Morgan fingerprint density at radius 3 is 2.62 bits per heavy atom. The van der Waals surface area contributed by atoms with E-state index in [0.29, 0.717) is 31.7 Å². The summed E-state index contributed by atoms with van der Waals surface area (Å²) >= 11 is 0. The van der Waals surface area contributed by atoms with Crippen LogP contribution in [0.4, 0.5) is 5.69 Å². The van der Waals surface area contributed by atoms with Gasteiger partial charge >= 0.3 is 5.97 Å². The van der Waals surface area contributed by atoms with Gasteiger partial charge in [0.25, 0.3) is 0 Å². The Hall–Kier alpha value is -1.97. The Bertz CT molecular complexity index is 761. The molecule has 1 saturated heterocycles. The van der Waals surface area contributed by atoms with Crippen LogP contribution in [0, 0.1) is 0 Å². The molecule has 0 aliphatic carbocycles. The van der Waals surface area contributed by atoms with Gasteiger partial charge in [-0.15, -0.1) is 0 Å². The third-order valence-electron chi connectivity index (χ3n) is 4.46. The second-order valence-corrected chi connectivity index (χ2v) is 8.07. The van der Waals surface area contributed by atoms with E-state index in [-0.39, 0.29) is 17.3 Å². The molecular formula is C17H25N3O5S. The molecule has 0 radical (unpaired) electrons. The van der Waals surface area contributed by atoms with Crippen LogP contribution in [0.1, 0.15) is 26.7 Å². The number of anilines is 1. The summed E-state index contributed by atoms with van der Waals surface area (Å²) in [7, 11) is -3.61. The van der Waals surface area contributed by atoms with Crippen molar-refractivity contribution in [2.24, 2.45) is 0 Å². The molecule has 0 spiro atoms. The maximum atomic E-state index is 12.6. The first-order valence-electron chi connectivity index (χ1n) is 8.66. The molecule has 9 heteroatoms. The molecule has 0 aromatic heterocycles. The van der Waals surface area contributed by atoms with Crippen LogP contribution in [-0.4, -0.2) is 66.8 Å². The first kappa shape index (κ1) is 20.3. The molecule has 1 atom stereocenters. The minimum Gasteiger partial charge on any atom is -0.480 e. The fraction of sp³-hybridized carbons (Fsp3) is 0.529. The summed E-state index contributed by atoms with van der Waals surface area (Å²) in [5.74, 6) is -1.29. The van der Waals surface area contributed by atoms with Crippen LogP contribution in [0.15, 0.2) is 29.2 Å². The van der Waals surface area contributed by atoms with Crippen molar-refractivity contribution in [3.8, 4) is 0 Å². The number of rotatable bonds is 8. The molecule has 144 valence electrons. The normalized spacial score (nSPS) is 18.2. The van der Waals surface area contributed by atoms with Gasteiger partial charge in [-0.05, 0) is 37.6 Å². The molecule has 2 N–H and O–H groups in total. The smallest absolute Gasteiger partial charge is 0.320 e. The van der Waals surface area contributed by atoms with Crippen LogP contribution in [0.2, 0.25) is 0 Å². The number of carbonyl (C=O) groups excluding carboxylic acids is 1.